The molecule has 2 aromatic rings. The van der Waals surface area contributed by atoms with Gasteiger partial charge in [-0.1, -0.05) is 24.4 Å². The molecular formula is C16H21ClN4. The van der Waals surface area contributed by atoms with Crippen LogP contribution in [0.15, 0.2) is 36.7 Å². The van der Waals surface area contributed by atoms with Gasteiger partial charge in [-0.3, -0.25) is 0 Å². The van der Waals surface area contributed by atoms with Crippen LogP contribution in [-0.4, -0.2) is 22.4 Å². The summed E-state index contributed by atoms with van der Waals surface area (Å²) in [7, 11) is 0. The van der Waals surface area contributed by atoms with Gasteiger partial charge in [0.05, 0.1) is 11.4 Å². The predicted octanol–water partition coefficient (Wildman–Crippen LogP) is 3.46. The summed E-state index contributed by atoms with van der Waals surface area (Å²) in [5, 5.41) is 8.70. The van der Waals surface area contributed by atoms with E-state index >= 15 is 0 Å². The number of nitrogens with one attached hydrogen (secondary N) is 1. The van der Waals surface area contributed by atoms with E-state index in [1.54, 1.807) is 6.20 Å². The van der Waals surface area contributed by atoms with Crippen LogP contribution in [0.2, 0.25) is 5.02 Å². The van der Waals surface area contributed by atoms with Crippen LogP contribution in [0.1, 0.15) is 25.7 Å². The Morgan fingerprint density at radius 3 is 2.95 bits per heavy atom. The summed E-state index contributed by atoms with van der Waals surface area (Å²) >= 11 is 6.17. The molecule has 1 aromatic carbocycles. The molecule has 1 aliphatic carbocycles. The Morgan fingerprint density at radius 2 is 2.19 bits per heavy atom. The van der Waals surface area contributed by atoms with E-state index < -0.39 is 0 Å². The van der Waals surface area contributed by atoms with E-state index in [1.165, 1.54) is 19.3 Å². The molecule has 1 aromatic heterocycles. The predicted molar refractivity (Wildman–Crippen MR) is 87.0 cm³/mol. The number of benzene rings is 1. The van der Waals surface area contributed by atoms with Crippen molar-refractivity contribution >= 4 is 17.3 Å². The minimum Gasteiger partial charge on any atom is -0.380 e. The van der Waals surface area contributed by atoms with E-state index in [4.69, 9.17) is 17.3 Å². The van der Waals surface area contributed by atoms with Gasteiger partial charge in [0.2, 0.25) is 0 Å². The van der Waals surface area contributed by atoms with Gasteiger partial charge in [0.25, 0.3) is 0 Å². The molecule has 0 spiro atoms. The second kappa shape index (κ2) is 6.50. The highest BCUT2D eigenvalue weighted by atomic mass is 35.5. The molecule has 3 N–H and O–H groups in total. The summed E-state index contributed by atoms with van der Waals surface area (Å²) in [4.78, 5) is 0. The molecule has 0 saturated heterocycles. The second-order valence-electron chi connectivity index (χ2n) is 5.64. The van der Waals surface area contributed by atoms with Crippen molar-refractivity contribution in [3.05, 3.63) is 41.7 Å². The molecule has 3 rings (SSSR count). The van der Waals surface area contributed by atoms with Crippen molar-refractivity contribution in [1.29, 1.82) is 0 Å². The van der Waals surface area contributed by atoms with Crippen molar-refractivity contribution in [3.63, 3.8) is 0 Å². The quantitative estimate of drug-likeness (QED) is 0.909. The maximum atomic E-state index is 6.17. The van der Waals surface area contributed by atoms with Gasteiger partial charge in [-0.2, -0.15) is 5.10 Å². The van der Waals surface area contributed by atoms with Crippen LogP contribution in [0.4, 0.5) is 5.69 Å². The Labute approximate surface area is 130 Å². The van der Waals surface area contributed by atoms with Gasteiger partial charge in [0, 0.05) is 23.5 Å². The first-order valence-corrected chi connectivity index (χ1v) is 7.92. The fourth-order valence-corrected chi connectivity index (χ4v) is 3.29. The molecule has 112 valence electrons. The largest absolute Gasteiger partial charge is 0.380 e. The minimum absolute atomic E-state index is 0.413. The Kier molecular flexibility index (Phi) is 4.46. The lowest BCUT2D eigenvalue weighted by molar-refractivity contribution is 0.332. The Balaban J connectivity index is 1.88. The third-order valence-electron chi connectivity index (χ3n) is 4.26. The third-order valence-corrected chi connectivity index (χ3v) is 4.50. The van der Waals surface area contributed by atoms with E-state index in [1.807, 2.05) is 35.1 Å². The lowest BCUT2D eigenvalue weighted by Crippen LogP contribution is -2.37. The number of hydrogen-bond acceptors (Lipinski definition) is 3. The van der Waals surface area contributed by atoms with Crippen LogP contribution < -0.4 is 11.1 Å². The Morgan fingerprint density at radius 1 is 1.33 bits per heavy atom. The molecule has 1 heterocycles. The van der Waals surface area contributed by atoms with Crippen molar-refractivity contribution in [2.45, 2.75) is 31.7 Å². The molecule has 5 heteroatoms. The zero-order valence-corrected chi connectivity index (χ0v) is 12.8. The highest BCUT2D eigenvalue weighted by molar-refractivity contribution is 6.31. The van der Waals surface area contributed by atoms with E-state index in [0.717, 1.165) is 29.4 Å². The van der Waals surface area contributed by atoms with Crippen LogP contribution in [0.3, 0.4) is 0 Å². The monoisotopic (exact) mass is 304 g/mol. The fourth-order valence-electron chi connectivity index (χ4n) is 3.11. The molecule has 1 fully saturated rings. The zero-order valence-electron chi connectivity index (χ0n) is 12.0. The number of halogens is 1. The normalized spacial score (nSPS) is 22.2. The van der Waals surface area contributed by atoms with Gasteiger partial charge in [-0.05, 0) is 49.6 Å². The fraction of sp³-hybridized carbons (Fsp3) is 0.438. The summed E-state index contributed by atoms with van der Waals surface area (Å²) in [5.41, 5.74) is 7.97. The molecule has 1 saturated carbocycles. The average Bonchev–Trinajstić information content (AvgIpc) is 3.02. The first-order valence-electron chi connectivity index (χ1n) is 7.54. The van der Waals surface area contributed by atoms with Crippen LogP contribution in [0, 0.1) is 5.92 Å². The molecule has 1 aliphatic rings. The second-order valence-corrected chi connectivity index (χ2v) is 6.08. The maximum absolute atomic E-state index is 6.17. The van der Waals surface area contributed by atoms with Crippen LogP contribution in [0.5, 0.6) is 0 Å². The summed E-state index contributed by atoms with van der Waals surface area (Å²) < 4.78 is 1.86. The maximum Gasteiger partial charge on any atom is 0.0877 e. The molecule has 0 amide bonds. The number of nitrogens with two attached hydrogens (primary N) is 1. The molecular weight excluding hydrogens is 284 g/mol. The van der Waals surface area contributed by atoms with E-state index in [-0.39, 0.29) is 0 Å². The van der Waals surface area contributed by atoms with Gasteiger partial charge >= 0.3 is 0 Å². The molecule has 2 atom stereocenters. The molecule has 21 heavy (non-hydrogen) atoms. The van der Waals surface area contributed by atoms with Gasteiger partial charge < -0.3 is 11.1 Å². The van der Waals surface area contributed by atoms with E-state index in [9.17, 15) is 0 Å². The zero-order chi connectivity index (χ0) is 14.7. The highest BCUT2D eigenvalue weighted by Crippen LogP contribution is 2.30. The number of nitrogens with zero attached hydrogens (tertiary/aromatic N) is 2. The number of anilines is 1. The Bertz CT molecular complexity index is 582. The lowest BCUT2D eigenvalue weighted by atomic mass is 9.84. The highest BCUT2D eigenvalue weighted by Gasteiger charge is 2.24. The third kappa shape index (κ3) is 3.22. The standard InChI is InChI=1S/C16H21ClN4/c17-13-6-7-16(21-9-3-8-19-21)15(10-13)20-14-5-2-1-4-12(14)11-18/h3,6-10,12,14,20H,1-2,4-5,11,18H2. The van der Waals surface area contributed by atoms with Crippen molar-refractivity contribution in [2.24, 2.45) is 11.7 Å². The van der Waals surface area contributed by atoms with Gasteiger partial charge in [-0.25, -0.2) is 4.68 Å². The van der Waals surface area contributed by atoms with Crippen molar-refractivity contribution < 1.29 is 0 Å². The first kappa shape index (κ1) is 14.4. The van der Waals surface area contributed by atoms with Crippen molar-refractivity contribution in [3.8, 4) is 5.69 Å². The average molecular weight is 305 g/mol. The van der Waals surface area contributed by atoms with Gasteiger partial charge in [0.15, 0.2) is 0 Å². The smallest absolute Gasteiger partial charge is 0.0877 e. The van der Waals surface area contributed by atoms with E-state index in [2.05, 4.69) is 10.4 Å². The molecule has 2 unspecified atom stereocenters. The molecule has 0 radical (unpaired) electrons. The number of aromatic nitrogens is 2. The topological polar surface area (TPSA) is 55.9 Å². The molecule has 4 nitrogen and oxygen atoms in total. The van der Waals surface area contributed by atoms with Crippen LogP contribution >= 0.6 is 11.6 Å². The summed E-state index contributed by atoms with van der Waals surface area (Å²) in [6.07, 6.45) is 8.61. The summed E-state index contributed by atoms with van der Waals surface area (Å²) in [6.45, 7) is 0.731. The number of rotatable bonds is 4. The van der Waals surface area contributed by atoms with Crippen LogP contribution in [0.25, 0.3) is 5.69 Å². The SMILES string of the molecule is NCC1CCCCC1Nc1cc(Cl)ccc1-n1cccn1. The summed E-state index contributed by atoms with van der Waals surface area (Å²) in [6, 6.07) is 8.20. The number of hydrogen-bond donors (Lipinski definition) is 2. The summed E-state index contributed by atoms with van der Waals surface area (Å²) in [5.74, 6) is 0.531. The molecule has 0 bridgehead atoms. The van der Waals surface area contributed by atoms with Crippen molar-refractivity contribution in [1.82, 2.24) is 9.78 Å². The Hall–Kier alpha value is -1.52. The van der Waals surface area contributed by atoms with E-state index in [0.29, 0.717) is 12.0 Å². The van der Waals surface area contributed by atoms with Crippen molar-refractivity contribution in [2.75, 3.05) is 11.9 Å². The van der Waals surface area contributed by atoms with Crippen LogP contribution in [-0.2, 0) is 0 Å². The lowest BCUT2D eigenvalue weighted by Gasteiger charge is -2.32. The van der Waals surface area contributed by atoms with Gasteiger partial charge in [-0.15, -0.1) is 0 Å². The first-order chi connectivity index (χ1) is 10.3. The molecule has 0 aliphatic heterocycles. The van der Waals surface area contributed by atoms with Gasteiger partial charge in [0.1, 0.15) is 0 Å². The minimum atomic E-state index is 0.413.